The summed E-state index contributed by atoms with van der Waals surface area (Å²) in [5.74, 6) is -2.26. The van der Waals surface area contributed by atoms with Crippen LogP contribution < -0.4 is 5.32 Å². The number of anilines is 1. The summed E-state index contributed by atoms with van der Waals surface area (Å²) in [4.78, 5) is 10.7. The molecule has 0 saturated heterocycles. The summed E-state index contributed by atoms with van der Waals surface area (Å²) < 4.78 is 13.0. The second-order valence-corrected chi connectivity index (χ2v) is 2.91. The molecule has 0 saturated carbocycles. The molecule has 0 heterocycles. The Labute approximate surface area is 80.0 Å². The molecule has 0 atom stereocenters. The number of phenols is 2. The number of nitrogens with one attached hydrogen (secondary N) is 1. The molecule has 4 nitrogen and oxygen atoms in total. The van der Waals surface area contributed by atoms with Crippen LogP contribution in [0.25, 0.3) is 0 Å². The summed E-state index contributed by atoms with van der Waals surface area (Å²) in [6.07, 6.45) is 0. The van der Waals surface area contributed by atoms with Gasteiger partial charge in [0.05, 0.1) is 5.69 Å². The molecule has 1 amide bonds. The van der Waals surface area contributed by atoms with Gasteiger partial charge in [0.25, 0.3) is 0 Å². The molecule has 1 rings (SSSR count). The monoisotopic (exact) mass is 199 g/mol. The molecule has 5 heteroatoms. The first kappa shape index (κ1) is 10.3. The van der Waals surface area contributed by atoms with Gasteiger partial charge in [-0.3, -0.25) is 4.79 Å². The molecule has 0 aliphatic rings. The normalized spacial score (nSPS) is 9.93. The SMILES string of the molecule is CC(=O)Nc1cc(F)c(O)c(C)c1O. The average Bonchev–Trinajstić information content (AvgIpc) is 2.10. The maximum atomic E-state index is 13.0. The number of carbonyl (C=O) groups excluding carboxylic acids is 1. The van der Waals surface area contributed by atoms with E-state index in [-0.39, 0.29) is 17.0 Å². The summed E-state index contributed by atoms with van der Waals surface area (Å²) in [5, 5.41) is 20.8. The van der Waals surface area contributed by atoms with Gasteiger partial charge in [0, 0.05) is 18.6 Å². The number of hydrogen-bond donors (Lipinski definition) is 3. The first-order valence-electron chi connectivity index (χ1n) is 3.92. The van der Waals surface area contributed by atoms with Gasteiger partial charge in [0.1, 0.15) is 5.75 Å². The Kier molecular flexibility index (Phi) is 2.60. The average molecular weight is 199 g/mol. The van der Waals surface area contributed by atoms with Crippen molar-refractivity contribution in [1.29, 1.82) is 0 Å². The predicted octanol–water partition coefficient (Wildman–Crippen LogP) is 1.50. The third-order valence-corrected chi connectivity index (χ3v) is 1.77. The fraction of sp³-hybridized carbons (Fsp3) is 0.222. The highest BCUT2D eigenvalue weighted by Gasteiger charge is 2.14. The molecule has 1 aromatic carbocycles. The fourth-order valence-corrected chi connectivity index (χ4v) is 1.04. The minimum atomic E-state index is -0.885. The number of carbonyl (C=O) groups is 1. The molecule has 0 spiro atoms. The van der Waals surface area contributed by atoms with Gasteiger partial charge in [-0.2, -0.15) is 0 Å². The molecule has 76 valence electrons. The molecule has 0 unspecified atom stereocenters. The molecule has 0 aliphatic carbocycles. The largest absolute Gasteiger partial charge is 0.505 e. The van der Waals surface area contributed by atoms with E-state index in [2.05, 4.69) is 5.32 Å². The topological polar surface area (TPSA) is 69.6 Å². The summed E-state index contributed by atoms with van der Waals surface area (Å²) in [6, 6.07) is 0.860. The Balaban J connectivity index is 3.25. The number of hydrogen-bond acceptors (Lipinski definition) is 3. The molecule has 3 N–H and O–H groups in total. The van der Waals surface area contributed by atoms with Crippen LogP contribution in [0.4, 0.5) is 10.1 Å². The smallest absolute Gasteiger partial charge is 0.221 e. The van der Waals surface area contributed by atoms with Crippen LogP contribution in [0.15, 0.2) is 6.07 Å². The van der Waals surface area contributed by atoms with Crippen molar-refractivity contribution in [3.05, 3.63) is 17.4 Å². The third kappa shape index (κ3) is 1.76. The van der Waals surface area contributed by atoms with Gasteiger partial charge in [-0.15, -0.1) is 0 Å². The van der Waals surface area contributed by atoms with Crippen LogP contribution in [0, 0.1) is 12.7 Å². The van der Waals surface area contributed by atoms with Crippen LogP contribution in [0.2, 0.25) is 0 Å². The Morgan fingerprint density at radius 3 is 2.50 bits per heavy atom. The number of rotatable bonds is 1. The zero-order valence-corrected chi connectivity index (χ0v) is 7.76. The van der Waals surface area contributed by atoms with Crippen LogP contribution in [-0.2, 0) is 4.79 Å². The van der Waals surface area contributed by atoms with Crippen molar-refractivity contribution in [2.75, 3.05) is 5.32 Å². The maximum Gasteiger partial charge on any atom is 0.221 e. The lowest BCUT2D eigenvalue weighted by Crippen LogP contribution is -2.06. The maximum absolute atomic E-state index is 13.0. The van der Waals surface area contributed by atoms with Gasteiger partial charge in [-0.25, -0.2) is 4.39 Å². The lowest BCUT2D eigenvalue weighted by Gasteiger charge is -2.09. The van der Waals surface area contributed by atoms with E-state index in [4.69, 9.17) is 5.11 Å². The van der Waals surface area contributed by atoms with E-state index in [0.29, 0.717) is 0 Å². The van der Waals surface area contributed by atoms with Crippen LogP contribution in [-0.4, -0.2) is 16.1 Å². The highest BCUT2D eigenvalue weighted by Crippen LogP contribution is 2.35. The summed E-state index contributed by atoms with van der Waals surface area (Å²) in [5.41, 5.74) is -0.0564. The van der Waals surface area contributed by atoms with Crippen molar-refractivity contribution < 1.29 is 19.4 Å². The highest BCUT2D eigenvalue weighted by molar-refractivity contribution is 5.90. The first-order valence-corrected chi connectivity index (χ1v) is 3.92. The van der Waals surface area contributed by atoms with Crippen molar-refractivity contribution in [2.24, 2.45) is 0 Å². The standard InChI is InChI=1S/C9H10FNO3/c1-4-8(13)6(10)3-7(9(4)14)11-5(2)12/h3,13-14H,1-2H3,(H,11,12). The van der Waals surface area contributed by atoms with Crippen molar-refractivity contribution in [3.63, 3.8) is 0 Å². The van der Waals surface area contributed by atoms with Gasteiger partial charge in [-0.1, -0.05) is 0 Å². The molecular weight excluding hydrogens is 189 g/mol. The molecule has 0 aliphatic heterocycles. The molecule has 0 bridgehead atoms. The minimum Gasteiger partial charge on any atom is -0.505 e. The van der Waals surface area contributed by atoms with Crippen molar-refractivity contribution in [2.45, 2.75) is 13.8 Å². The molecule has 0 fully saturated rings. The lowest BCUT2D eigenvalue weighted by molar-refractivity contribution is -0.114. The number of halogens is 1. The van der Waals surface area contributed by atoms with E-state index in [1.54, 1.807) is 0 Å². The van der Waals surface area contributed by atoms with E-state index in [9.17, 15) is 14.3 Å². The summed E-state index contributed by atoms with van der Waals surface area (Å²) in [7, 11) is 0. The number of benzene rings is 1. The van der Waals surface area contributed by atoms with Crippen LogP contribution in [0.5, 0.6) is 11.5 Å². The number of aromatic hydroxyl groups is 2. The Morgan fingerprint density at radius 2 is 2.00 bits per heavy atom. The Bertz CT molecular complexity index is 390. The van der Waals surface area contributed by atoms with Crippen LogP contribution >= 0.6 is 0 Å². The number of amides is 1. The second-order valence-electron chi connectivity index (χ2n) is 2.91. The molecule has 14 heavy (non-hydrogen) atoms. The molecular formula is C9H10FNO3. The Morgan fingerprint density at radius 1 is 1.43 bits per heavy atom. The quantitative estimate of drug-likeness (QED) is 0.474. The molecule has 0 aromatic heterocycles. The fourth-order valence-electron chi connectivity index (χ4n) is 1.04. The van der Waals surface area contributed by atoms with Gasteiger partial charge >= 0.3 is 0 Å². The van der Waals surface area contributed by atoms with Crippen molar-refractivity contribution in [3.8, 4) is 11.5 Å². The summed E-state index contributed by atoms with van der Waals surface area (Å²) >= 11 is 0. The third-order valence-electron chi connectivity index (χ3n) is 1.77. The second kappa shape index (κ2) is 3.53. The highest BCUT2D eigenvalue weighted by atomic mass is 19.1. The van der Waals surface area contributed by atoms with Crippen molar-refractivity contribution >= 4 is 11.6 Å². The van der Waals surface area contributed by atoms with E-state index >= 15 is 0 Å². The molecule has 0 radical (unpaired) electrons. The minimum absolute atomic E-state index is 0.00579. The predicted molar refractivity (Wildman–Crippen MR) is 48.8 cm³/mol. The first-order chi connectivity index (χ1) is 6.43. The van der Waals surface area contributed by atoms with E-state index < -0.39 is 17.5 Å². The van der Waals surface area contributed by atoms with Crippen molar-refractivity contribution in [1.82, 2.24) is 0 Å². The van der Waals surface area contributed by atoms with Gasteiger partial charge in [0.2, 0.25) is 5.91 Å². The van der Waals surface area contributed by atoms with E-state index in [1.165, 1.54) is 13.8 Å². The Hall–Kier alpha value is -1.78. The van der Waals surface area contributed by atoms with Gasteiger partial charge in [0.15, 0.2) is 11.6 Å². The van der Waals surface area contributed by atoms with E-state index in [1.807, 2.05) is 0 Å². The lowest BCUT2D eigenvalue weighted by atomic mass is 10.1. The van der Waals surface area contributed by atoms with E-state index in [0.717, 1.165) is 6.07 Å². The van der Waals surface area contributed by atoms with Gasteiger partial charge in [-0.05, 0) is 6.92 Å². The zero-order chi connectivity index (χ0) is 10.9. The van der Waals surface area contributed by atoms with Gasteiger partial charge < -0.3 is 15.5 Å². The van der Waals surface area contributed by atoms with Crippen LogP contribution in [0.3, 0.4) is 0 Å². The zero-order valence-electron chi connectivity index (χ0n) is 7.76. The number of phenolic OH excluding ortho intramolecular Hbond substituents is 2. The van der Waals surface area contributed by atoms with Crippen LogP contribution in [0.1, 0.15) is 12.5 Å². The molecule has 1 aromatic rings. The summed E-state index contributed by atoms with van der Waals surface area (Å²) in [6.45, 7) is 2.58.